The fourth-order valence-corrected chi connectivity index (χ4v) is 2.97. The van der Waals surface area contributed by atoms with Gasteiger partial charge in [-0.25, -0.2) is 23.6 Å². The fourth-order valence-electron chi connectivity index (χ4n) is 2.73. The number of rotatable bonds is 9. The van der Waals surface area contributed by atoms with Crippen molar-refractivity contribution >= 4 is 35.5 Å². The van der Waals surface area contributed by atoms with Gasteiger partial charge in [-0.2, -0.15) is 0 Å². The second kappa shape index (κ2) is 17.0. The molecule has 1 aromatic rings. The Morgan fingerprint density at radius 1 is 1.06 bits per heavy atom. The molecular formula is C22H28ClFN2O9. The number of hydrogen-bond acceptors (Lipinski definition) is 7. The molecule has 1 atom stereocenters. The molecule has 11 nitrogen and oxygen atoms in total. The molecule has 1 aliphatic rings. The van der Waals surface area contributed by atoms with E-state index in [1.54, 1.807) is 6.07 Å². The Labute approximate surface area is 205 Å². The summed E-state index contributed by atoms with van der Waals surface area (Å²) in [4.78, 5) is 40.4. The van der Waals surface area contributed by atoms with E-state index in [9.17, 15) is 23.6 Å². The number of ether oxygens (including phenoxy) is 1. The van der Waals surface area contributed by atoms with Crippen molar-refractivity contribution in [2.75, 3.05) is 26.2 Å². The first-order chi connectivity index (χ1) is 16.4. The highest BCUT2D eigenvalue weighted by Crippen LogP contribution is 2.29. The smallest absolute Gasteiger partial charge is 0.328 e. The number of carbonyl (C=O) groups is 4. The van der Waals surface area contributed by atoms with Gasteiger partial charge in [0.15, 0.2) is 0 Å². The molecule has 0 spiro atoms. The molecule has 35 heavy (non-hydrogen) atoms. The topological polar surface area (TPSA) is 188 Å². The van der Waals surface area contributed by atoms with Crippen molar-refractivity contribution in [2.45, 2.75) is 19.9 Å². The molecule has 1 aliphatic heterocycles. The molecule has 6 N–H and O–H groups in total. The summed E-state index contributed by atoms with van der Waals surface area (Å²) >= 11 is 6.09. The molecule has 0 unspecified atom stereocenters. The number of benzene rings is 1. The number of likely N-dealkylation sites (tertiary alicyclic amines) is 1. The number of carboxylic acids is 4. The number of nitrogens with zero attached hydrogens (tertiary/aromatic N) is 1. The van der Waals surface area contributed by atoms with Crippen LogP contribution < -0.4 is 10.5 Å². The van der Waals surface area contributed by atoms with E-state index in [4.69, 9.17) is 42.5 Å². The average molecular weight is 519 g/mol. The molecular weight excluding hydrogens is 491 g/mol. The third-order valence-corrected chi connectivity index (χ3v) is 4.53. The quantitative estimate of drug-likeness (QED) is 0.301. The fraction of sp³-hybridized carbons (Fsp3) is 0.364. The lowest BCUT2D eigenvalue weighted by Gasteiger charge is -2.17. The highest BCUT2D eigenvalue weighted by Gasteiger charge is 2.22. The van der Waals surface area contributed by atoms with Crippen LogP contribution >= 0.6 is 11.6 Å². The summed E-state index contributed by atoms with van der Waals surface area (Å²) < 4.78 is 19.3. The van der Waals surface area contributed by atoms with Crippen molar-refractivity contribution in [3.8, 4) is 5.75 Å². The van der Waals surface area contributed by atoms with Crippen LogP contribution in [0.15, 0.2) is 36.4 Å². The molecule has 194 valence electrons. The standard InChI is InChI=1S/C14H20ClFN2O.2C4H4O4/c1-2-19-14-6-13(16)11(5-12(14)15)9-18-4-3-10(7-17)8-18;2*5-3(6)1-2-4(7)8/h5-6,10H,2-4,7-9,17H2,1H3;2*1-2H,(H,5,6)(H,7,8)/b;2*2-1+/t10-;;/m0../s1. The summed E-state index contributed by atoms with van der Waals surface area (Å²) in [6.45, 7) is 5.49. The Hall–Kier alpha value is -3.48. The number of aliphatic carboxylic acids is 4. The van der Waals surface area contributed by atoms with E-state index < -0.39 is 23.9 Å². The van der Waals surface area contributed by atoms with Crippen LogP contribution in [0.4, 0.5) is 4.39 Å². The molecule has 0 aromatic heterocycles. The number of nitrogens with two attached hydrogens (primary N) is 1. The van der Waals surface area contributed by atoms with Crippen molar-refractivity contribution in [3.63, 3.8) is 0 Å². The van der Waals surface area contributed by atoms with Crippen LogP contribution in [0.5, 0.6) is 5.75 Å². The zero-order chi connectivity index (χ0) is 27.0. The molecule has 2 rings (SSSR count). The van der Waals surface area contributed by atoms with Crippen LogP contribution in [-0.4, -0.2) is 75.4 Å². The predicted molar refractivity (Wildman–Crippen MR) is 124 cm³/mol. The Morgan fingerprint density at radius 3 is 1.91 bits per heavy atom. The van der Waals surface area contributed by atoms with Crippen molar-refractivity contribution < 1.29 is 48.7 Å². The summed E-state index contributed by atoms with van der Waals surface area (Å²) in [5.41, 5.74) is 6.28. The highest BCUT2D eigenvalue weighted by atomic mass is 35.5. The molecule has 1 heterocycles. The summed E-state index contributed by atoms with van der Waals surface area (Å²) in [7, 11) is 0. The zero-order valence-corrected chi connectivity index (χ0v) is 19.7. The largest absolute Gasteiger partial charge is 0.492 e. The summed E-state index contributed by atoms with van der Waals surface area (Å²) in [5, 5.41) is 31.7. The Morgan fingerprint density at radius 2 is 1.54 bits per heavy atom. The summed E-state index contributed by atoms with van der Waals surface area (Å²) in [6, 6.07) is 3.04. The minimum atomic E-state index is -1.26. The number of halogens is 2. The van der Waals surface area contributed by atoms with Gasteiger partial charge in [0.05, 0.1) is 11.6 Å². The van der Waals surface area contributed by atoms with Gasteiger partial charge in [0.2, 0.25) is 0 Å². The molecule has 0 saturated carbocycles. The van der Waals surface area contributed by atoms with Crippen molar-refractivity contribution in [1.29, 1.82) is 0 Å². The van der Waals surface area contributed by atoms with Gasteiger partial charge >= 0.3 is 23.9 Å². The number of carboxylic acid groups (broad SMARTS) is 4. The van der Waals surface area contributed by atoms with Crippen LogP contribution in [0, 0.1) is 11.7 Å². The molecule has 0 bridgehead atoms. The van der Waals surface area contributed by atoms with Gasteiger partial charge < -0.3 is 30.9 Å². The van der Waals surface area contributed by atoms with Crippen LogP contribution in [0.3, 0.4) is 0 Å². The average Bonchev–Trinajstić information content (AvgIpc) is 3.23. The van der Waals surface area contributed by atoms with Crippen LogP contribution in [-0.2, 0) is 25.7 Å². The minimum absolute atomic E-state index is 0.260. The second-order valence-electron chi connectivity index (χ2n) is 6.95. The van der Waals surface area contributed by atoms with E-state index in [1.165, 1.54) is 6.07 Å². The first-order valence-electron chi connectivity index (χ1n) is 10.2. The lowest BCUT2D eigenvalue weighted by molar-refractivity contribution is -0.134. The maximum absolute atomic E-state index is 14.0. The second-order valence-corrected chi connectivity index (χ2v) is 7.36. The van der Waals surface area contributed by atoms with E-state index in [1.807, 2.05) is 6.92 Å². The van der Waals surface area contributed by atoms with Gasteiger partial charge in [-0.3, -0.25) is 4.90 Å². The van der Waals surface area contributed by atoms with Gasteiger partial charge in [-0.1, -0.05) is 11.6 Å². The number of hydrogen-bond donors (Lipinski definition) is 5. The van der Waals surface area contributed by atoms with Gasteiger partial charge in [0, 0.05) is 49.0 Å². The monoisotopic (exact) mass is 518 g/mol. The Balaban J connectivity index is 0.000000601. The molecule has 1 aromatic carbocycles. The third kappa shape index (κ3) is 15.1. The maximum Gasteiger partial charge on any atom is 0.328 e. The minimum Gasteiger partial charge on any atom is -0.492 e. The SMILES string of the molecule is CCOc1cc(F)c(CN2CC[C@@H](CN)C2)cc1Cl.O=C(O)/C=C/C(=O)O.O=C(O)/C=C/C(=O)O. The first kappa shape index (κ1) is 31.5. The van der Waals surface area contributed by atoms with Crippen molar-refractivity contribution in [2.24, 2.45) is 11.7 Å². The van der Waals surface area contributed by atoms with E-state index in [0.29, 0.717) is 66.3 Å². The third-order valence-electron chi connectivity index (χ3n) is 4.23. The van der Waals surface area contributed by atoms with Gasteiger partial charge in [-0.05, 0) is 38.4 Å². The molecule has 1 saturated heterocycles. The zero-order valence-electron chi connectivity index (χ0n) is 18.9. The molecule has 0 aliphatic carbocycles. The summed E-state index contributed by atoms with van der Waals surface area (Å²) in [5.74, 6) is -4.35. The van der Waals surface area contributed by atoms with E-state index in [-0.39, 0.29) is 5.82 Å². The van der Waals surface area contributed by atoms with Gasteiger partial charge in [-0.15, -0.1) is 0 Å². The van der Waals surface area contributed by atoms with Crippen molar-refractivity contribution in [3.05, 3.63) is 52.8 Å². The first-order valence-corrected chi connectivity index (χ1v) is 10.6. The lowest BCUT2D eigenvalue weighted by Crippen LogP contribution is -2.23. The Bertz CT molecular complexity index is 872. The summed E-state index contributed by atoms with van der Waals surface area (Å²) in [6.07, 6.45) is 3.32. The van der Waals surface area contributed by atoms with Gasteiger partial charge in [0.25, 0.3) is 0 Å². The van der Waals surface area contributed by atoms with Crippen LogP contribution in [0.1, 0.15) is 18.9 Å². The molecule has 0 amide bonds. The van der Waals surface area contributed by atoms with E-state index in [0.717, 1.165) is 19.5 Å². The van der Waals surface area contributed by atoms with Crippen LogP contribution in [0.25, 0.3) is 0 Å². The van der Waals surface area contributed by atoms with Crippen LogP contribution in [0.2, 0.25) is 5.02 Å². The van der Waals surface area contributed by atoms with E-state index >= 15 is 0 Å². The molecule has 0 radical (unpaired) electrons. The normalized spacial score (nSPS) is 15.1. The highest BCUT2D eigenvalue weighted by molar-refractivity contribution is 6.32. The molecule has 1 fully saturated rings. The lowest BCUT2D eigenvalue weighted by atomic mass is 10.1. The van der Waals surface area contributed by atoms with Gasteiger partial charge in [0.1, 0.15) is 11.6 Å². The maximum atomic E-state index is 14.0. The molecule has 13 heteroatoms. The predicted octanol–water partition coefficient (Wildman–Crippen LogP) is 2.08. The van der Waals surface area contributed by atoms with Crippen molar-refractivity contribution in [1.82, 2.24) is 4.90 Å². The van der Waals surface area contributed by atoms with E-state index in [2.05, 4.69) is 4.90 Å². The Kier molecular flexibility index (Phi) is 15.3.